The maximum atomic E-state index is 12.8. The van der Waals surface area contributed by atoms with Crippen molar-refractivity contribution in [1.29, 1.82) is 0 Å². The third-order valence-corrected chi connectivity index (χ3v) is 5.92. The number of rotatable bonds is 2. The fourth-order valence-electron chi connectivity index (χ4n) is 3.96. The SMILES string of the molecule is O=C1NCc2ccc(cc2)Nc2nc(nc(OCC(F)(F)F)n2)NCc2cccc(c2)CNC(=O)Nc2cccc(c2)N1. The van der Waals surface area contributed by atoms with Gasteiger partial charge in [0.1, 0.15) is 0 Å². The Bertz CT molecular complexity index is 1600. The van der Waals surface area contributed by atoms with E-state index in [4.69, 9.17) is 4.74 Å². The molecule has 0 saturated heterocycles. The molecule has 0 unspecified atom stereocenters. The van der Waals surface area contributed by atoms with E-state index in [1.165, 1.54) is 0 Å². The monoisotopic (exact) mass is 593 g/mol. The molecule has 0 radical (unpaired) electrons. The van der Waals surface area contributed by atoms with Crippen molar-refractivity contribution in [1.82, 2.24) is 25.6 Å². The summed E-state index contributed by atoms with van der Waals surface area (Å²) in [5.41, 5.74) is 3.89. The van der Waals surface area contributed by atoms with Crippen molar-refractivity contribution >= 4 is 41.0 Å². The van der Waals surface area contributed by atoms with Gasteiger partial charge in [-0.15, -0.1) is 0 Å². The zero-order chi connectivity index (χ0) is 30.2. The average Bonchev–Trinajstić information content (AvgIpc) is 2.97. The van der Waals surface area contributed by atoms with E-state index in [2.05, 4.69) is 46.9 Å². The number of aromatic nitrogens is 3. The van der Waals surface area contributed by atoms with Crippen molar-refractivity contribution in [3.05, 3.63) is 89.5 Å². The molecule has 3 aromatic carbocycles. The van der Waals surface area contributed by atoms with Crippen molar-refractivity contribution in [3.63, 3.8) is 0 Å². The van der Waals surface area contributed by atoms with E-state index in [1.54, 1.807) is 54.6 Å². The van der Waals surface area contributed by atoms with Crippen LogP contribution in [0.3, 0.4) is 0 Å². The summed E-state index contributed by atoms with van der Waals surface area (Å²) in [6.45, 7) is -0.920. The van der Waals surface area contributed by atoms with E-state index in [9.17, 15) is 22.8 Å². The van der Waals surface area contributed by atoms with Gasteiger partial charge < -0.3 is 36.6 Å². The second-order valence-corrected chi connectivity index (χ2v) is 9.36. The fourth-order valence-corrected chi connectivity index (χ4v) is 3.96. The Morgan fingerprint density at radius 1 is 0.628 bits per heavy atom. The standard InChI is InChI=1S/C28H26F3N9O3/c29-28(30,31)16-43-27-39-23-32-14-18-3-1-4-19(11-18)15-34-26(42)37-22-6-2-5-21(12-22)36-25(41)33-13-17-7-9-20(10-8-17)35-24(38-23)40-27/h1-12H,13-16H2,(H2,33,36,41)(H2,34,37,42)(H2,32,35,38,39,40). The molecule has 222 valence electrons. The Hall–Kier alpha value is -5.60. The minimum absolute atomic E-state index is 0.0129. The number of hydrogen-bond acceptors (Lipinski definition) is 8. The minimum atomic E-state index is -4.58. The molecule has 2 aliphatic heterocycles. The van der Waals surface area contributed by atoms with E-state index >= 15 is 0 Å². The lowest BCUT2D eigenvalue weighted by atomic mass is 10.1. The molecular weight excluding hydrogens is 567 g/mol. The molecule has 0 saturated carbocycles. The molecule has 43 heavy (non-hydrogen) atoms. The van der Waals surface area contributed by atoms with E-state index < -0.39 is 30.9 Å². The van der Waals surface area contributed by atoms with Crippen molar-refractivity contribution in [2.45, 2.75) is 25.8 Å². The molecule has 1 aromatic heterocycles. The van der Waals surface area contributed by atoms with E-state index in [1.807, 2.05) is 18.2 Å². The largest absolute Gasteiger partial charge is 0.454 e. The molecule has 2 aliphatic rings. The first kappa shape index (κ1) is 28.9. The zero-order valence-electron chi connectivity index (χ0n) is 22.5. The van der Waals surface area contributed by atoms with Crippen LogP contribution in [0.2, 0.25) is 0 Å². The summed E-state index contributed by atoms with van der Waals surface area (Å²) in [7, 11) is 0. The summed E-state index contributed by atoms with van der Waals surface area (Å²) >= 11 is 0. The quantitative estimate of drug-likeness (QED) is 0.187. The summed E-state index contributed by atoms with van der Waals surface area (Å²) in [5, 5.41) is 16.9. The van der Waals surface area contributed by atoms with Gasteiger partial charge in [-0.05, 0) is 47.0 Å². The van der Waals surface area contributed by atoms with Crippen LogP contribution in [-0.2, 0) is 19.6 Å². The summed E-state index contributed by atoms with van der Waals surface area (Å²) in [4.78, 5) is 37.2. The summed E-state index contributed by atoms with van der Waals surface area (Å²) in [6, 6.07) is 19.5. The van der Waals surface area contributed by atoms with Gasteiger partial charge in [-0.1, -0.05) is 42.5 Å². The van der Waals surface area contributed by atoms with Gasteiger partial charge in [0.05, 0.1) is 0 Å². The molecule has 3 heterocycles. The molecular formula is C28H26F3N9O3. The van der Waals surface area contributed by atoms with Crippen LogP contribution >= 0.6 is 0 Å². The molecule has 0 aliphatic carbocycles. The van der Waals surface area contributed by atoms with Crippen LogP contribution in [0, 0.1) is 0 Å². The van der Waals surface area contributed by atoms with E-state index in [-0.39, 0.29) is 31.5 Å². The number of ether oxygens (including phenoxy) is 1. The number of benzene rings is 3. The maximum absolute atomic E-state index is 12.8. The van der Waals surface area contributed by atoms with Gasteiger partial charge in [-0.3, -0.25) is 0 Å². The highest BCUT2D eigenvalue weighted by atomic mass is 19.4. The topological polar surface area (TPSA) is 154 Å². The molecule has 4 amide bonds. The molecule has 12 nitrogen and oxygen atoms in total. The van der Waals surface area contributed by atoms with Crippen molar-refractivity contribution in [3.8, 4) is 6.01 Å². The van der Waals surface area contributed by atoms with Gasteiger partial charge in [0.15, 0.2) is 6.61 Å². The fraction of sp³-hybridized carbons (Fsp3) is 0.179. The number of carbonyl (C=O) groups excluding carboxylic acids is 2. The molecule has 4 aromatic rings. The third kappa shape index (κ3) is 8.94. The number of nitrogens with one attached hydrogen (secondary N) is 6. The van der Waals surface area contributed by atoms with Crippen LogP contribution in [-0.4, -0.2) is 39.8 Å². The molecule has 0 atom stereocenters. The van der Waals surface area contributed by atoms with Gasteiger partial charge in [-0.25, -0.2) is 9.59 Å². The van der Waals surface area contributed by atoms with Crippen LogP contribution < -0.4 is 36.6 Å². The van der Waals surface area contributed by atoms with Crippen molar-refractivity contribution in [2.24, 2.45) is 0 Å². The first-order valence-electron chi connectivity index (χ1n) is 13.0. The number of amides is 4. The lowest BCUT2D eigenvalue weighted by molar-refractivity contribution is -0.154. The number of anilines is 5. The summed E-state index contributed by atoms with van der Waals surface area (Å²) < 4.78 is 43.2. The Morgan fingerprint density at radius 3 is 1.86 bits per heavy atom. The number of hydrogen-bond donors (Lipinski definition) is 6. The predicted molar refractivity (Wildman–Crippen MR) is 153 cm³/mol. The van der Waals surface area contributed by atoms with Gasteiger partial charge >= 0.3 is 24.2 Å². The molecule has 6 N–H and O–H groups in total. The second kappa shape index (κ2) is 12.9. The second-order valence-electron chi connectivity index (χ2n) is 9.36. The first-order chi connectivity index (χ1) is 20.7. The number of carbonyl (C=O) groups is 2. The summed E-state index contributed by atoms with van der Waals surface area (Å²) in [6.07, 6.45) is -4.58. The van der Waals surface area contributed by atoms with Gasteiger partial charge in [0.25, 0.3) is 0 Å². The Labute approximate surface area is 243 Å². The van der Waals surface area contributed by atoms with Crippen LogP contribution in [0.4, 0.5) is 51.7 Å². The highest BCUT2D eigenvalue weighted by Crippen LogP contribution is 2.21. The maximum Gasteiger partial charge on any atom is 0.422 e. The highest BCUT2D eigenvalue weighted by Gasteiger charge is 2.29. The van der Waals surface area contributed by atoms with Crippen LogP contribution in [0.25, 0.3) is 0 Å². The van der Waals surface area contributed by atoms with Gasteiger partial charge in [-0.2, -0.15) is 28.1 Å². The van der Waals surface area contributed by atoms with Crippen molar-refractivity contribution in [2.75, 3.05) is 27.9 Å². The molecule has 15 heteroatoms. The van der Waals surface area contributed by atoms with Gasteiger partial charge in [0, 0.05) is 36.7 Å². The number of halogens is 3. The summed E-state index contributed by atoms with van der Waals surface area (Å²) in [5.74, 6) is -0.0540. The van der Waals surface area contributed by atoms with Crippen LogP contribution in [0.15, 0.2) is 72.8 Å². The first-order valence-corrected chi connectivity index (χ1v) is 13.0. The highest BCUT2D eigenvalue weighted by molar-refractivity contribution is 5.92. The van der Waals surface area contributed by atoms with Crippen molar-refractivity contribution < 1.29 is 27.5 Å². The molecule has 8 bridgehead atoms. The molecule has 6 rings (SSSR count). The smallest absolute Gasteiger partial charge is 0.422 e. The minimum Gasteiger partial charge on any atom is -0.454 e. The Kier molecular flexibility index (Phi) is 8.69. The molecule has 0 fully saturated rings. The van der Waals surface area contributed by atoms with E-state index in [0.29, 0.717) is 17.1 Å². The Balaban J connectivity index is 1.40. The predicted octanol–water partition coefficient (Wildman–Crippen LogP) is 5.13. The number of urea groups is 2. The lowest BCUT2D eigenvalue weighted by Gasteiger charge is -2.13. The normalized spacial score (nSPS) is 14.0. The number of fused-ring (bicyclic) bond motifs is 9. The number of nitrogens with zero attached hydrogens (tertiary/aromatic N) is 3. The molecule has 0 spiro atoms. The lowest BCUT2D eigenvalue weighted by Crippen LogP contribution is -2.29. The zero-order valence-corrected chi connectivity index (χ0v) is 22.5. The average molecular weight is 594 g/mol. The third-order valence-electron chi connectivity index (χ3n) is 5.92. The van der Waals surface area contributed by atoms with Crippen LogP contribution in [0.5, 0.6) is 6.01 Å². The van der Waals surface area contributed by atoms with Crippen LogP contribution in [0.1, 0.15) is 16.7 Å². The van der Waals surface area contributed by atoms with Gasteiger partial charge in [0.2, 0.25) is 11.9 Å². The van der Waals surface area contributed by atoms with E-state index in [0.717, 1.165) is 16.7 Å². The Morgan fingerprint density at radius 2 is 1.21 bits per heavy atom. The number of alkyl halides is 3.